The summed E-state index contributed by atoms with van der Waals surface area (Å²) < 4.78 is 0. The maximum atomic E-state index is 9.68. The van der Waals surface area contributed by atoms with Gasteiger partial charge in [0.1, 0.15) is 11.5 Å². The molecule has 5 aliphatic rings. The molecule has 2 nitrogen and oxygen atoms in total. The molecule has 2 heteroatoms. The molecule has 0 saturated heterocycles. The number of fused-ring (bicyclic) bond motifs is 1. The fourth-order valence-corrected chi connectivity index (χ4v) is 4.57. The smallest absolute Gasteiger partial charge is 0.119 e. The van der Waals surface area contributed by atoms with E-state index in [1.807, 2.05) is 0 Å². The maximum absolute atomic E-state index is 9.68. The molecule has 0 spiro atoms. The van der Waals surface area contributed by atoms with E-state index in [-0.39, 0.29) is 11.5 Å². The van der Waals surface area contributed by atoms with E-state index in [1.54, 1.807) is 17.7 Å². The minimum Gasteiger partial charge on any atom is -0.508 e. The Hall–Kier alpha value is -1.44. The van der Waals surface area contributed by atoms with Gasteiger partial charge in [0.05, 0.1) is 0 Å². The highest BCUT2D eigenvalue weighted by Crippen LogP contribution is 2.63. The third-order valence-electron chi connectivity index (χ3n) is 5.31. The molecule has 0 aliphatic heterocycles. The summed E-state index contributed by atoms with van der Waals surface area (Å²) in [7, 11) is 0. The Morgan fingerprint density at radius 1 is 0.944 bits per heavy atom. The first kappa shape index (κ1) is 10.5. The second kappa shape index (κ2) is 3.31. The van der Waals surface area contributed by atoms with E-state index >= 15 is 0 Å². The lowest BCUT2D eigenvalue weighted by atomic mass is 9.48. The third kappa shape index (κ3) is 1.23. The van der Waals surface area contributed by atoms with E-state index in [0.29, 0.717) is 5.92 Å². The number of hydrogen-bond donors (Lipinski definition) is 2. The standard InChI is InChI=1S/C16H18O2/c1-8-9-2-10-4-11(3-9)16(10)15(8)12-5-13(17)7-14(18)6-12/h5-11,17-18H,2-4H2,1H3. The van der Waals surface area contributed by atoms with Crippen LogP contribution in [0, 0.1) is 23.7 Å². The zero-order valence-corrected chi connectivity index (χ0v) is 10.6. The monoisotopic (exact) mass is 242 g/mol. The first-order valence-electron chi connectivity index (χ1n) is 6.91. The minimum absolute atomic E-state index is 0.167. The molecule has 5 aliphatic carbocycles. The Labute approximate surface area is 107 Å². The van der Waals surface area contributed by atoms with Crippen LogP contribution in [0.4, 0.5) is 0 Å². The molecule has 0 amide bonds. The van der Waals surface area contributed by atoms with Crippen molar-refractivity contribution in [1.82, 2.24) is 0 Å². The lowest BCUT2D eigenvalue weighted by Gasteiger charge is -2.56. The summed E-state index contributed by atoms with van der Waals surface area (Å²) in [6.45, 7) is 2.30. The fraction of sp³-hybridized carbons (Fsp3) is 0.500. The number of rotatable bonds is 1. The number of phenols is 2. The first-order valence-corrected chi connectivity index (χ1v) is 6.91. The molecule has 94 valence electrons. The molecule has 3 fully saturated rings. The van der Waals surface area contributed by atoms with Crippen molar-refractivity contribution in [2.45, 2.75) is 26.2 Å². The van der Waals surface area contributed by atoms with Gasteiger partial charge in [-0.15, -0.1) is 0 Å². The van der Waals surface area contributed by atoms with E-state index in [0.717, 1.165) is 23.3 Å². The van der Waals surface area contributed by atoms with Crippen LogP contribution in [0.25, 0.3) is 5.57 Å². The SMILES string of the molecule is CC1C(c2cc(O)cc(O)c2)=C2C3CC2CC1C3. The Kier molecular flexibility index (Phi) is 1.93. The highest BCUT2D eigenvalue weighted by atomic mass is 16.3. The van der Waals surface area contributed by atoms with Crippen LogP contribution in [0.3, 0.4) is 0 Å². The molecule has 2 N–H and O–H groups in total. The van der Waals surface area contributed by atoms with Gasteiger partial charge >= 0.3 is 0 Å². The second-order valence-corrected chi connectivity index (χ2v) is 6.26. The zero-order chi connectivity index (χ0) is 12.4. The van der Waals surface area contributed by atoms with Crippen LogP contribution in [-0.4, -0.2) is 10.2 Å². The highest BCUT2D eigenvalue weighted by Gasteiger charge is 2.51. The van der Waals surface area contributed by atoms with Gasteiger partial charge in [-0.25, -0.2) is 0 Å². The van der Waals surface area contributed by atoms with Crippen LogP contribution < -0.4 is 0 Å². The van der Waals surface area contributed by atoms with Gasteiger partial charge in [-0.1, -0.05) is 12.5 Å². The average Bonchev–Trinajstić information content (AvgIpc) is 2.32. The van der Waals surface area contributed by atoms with Crippen molar-refractivity contribution < 1.29 is 10.2 Å². The van der Waals surface area contributed by atoms with Gasteiger partial charge in [0.15, 0.2) is 0 Å². The number of hydrogen-bond acceptors (Lipinski definition) is 2. The highest BCUT2D eigenvalue weighted by molar-refractivity contribution is 5.76. The van der Waals surface area contributed by atoms with E-state index in [9.17, 15) is 10.2 Å². The van der Waals surface area contributed by atoms with E-state index < -0.39 is 0 Å². The van der Waals surface area contributed by atoms with Gasteiger partial charge in [0, 0.05) is 6.07 Å². The van der Waals surface area contributed by atoms with Crippen LogP contribution in [0.1, 0.15) is 31.7 Å². The normalized spacial score (nSPS) is 36.7. The molecule has 18 heavy (non-hydrogen) atoms. The molecule has 4 bridgehead atoms. The lowest BCUT2D eigenvalue weighted by Crippen LogP contribution is -2.45. The molecule has 3 atom stereocenters. The van der Waals surface area contributed by atoms with Crippen molar-refractivity contribution in [3.63, 3.8) is 0 Å². The number of phenolic OH excluding ortho intramolecular Hbond substituents is 2. The summed E-state index contributed by atoms with van der Waals surface area (Å²) in [5.41, 5.74) is 4.09. The summed E-state index contributed by atoms with van der Waals surface area (Å²) in [6, 6.07) is 5.01. The predicted molar refractivity (Wildman–Crippen MR) is 70.2 cm³/mol. The molecular formula is C16H18O2. The van der Waals surface area contributed by atoms with E-state index in [2.05, 4.69) is 6.92 Å². The molecule has 0 radical (unpaired) electrons. The topological polar surface area (TPSA) is 40.5 Å². The average molecular weight is 242 g/mol. The summed E-state index contributed by atoms with van der Waals surface area (Å²) >= 11 is 0. The van der Waals surface area contributed by atoms with Crippen LogP contribution in [0.2, 0.25) is 0 Å². The van der Waals surface area contributed by atoms with E-state index in [4.69, 9.17) is 0 Å². The first-order chi connectivity index (χ1) is 8.63. The van der Waals surface area contributed by atoms with Gasteiger partial charge in [0.2, 0.25) is 0 Å². The van der Waals surface area contributed by atoms with Crippen LogP contribution in [0.5, 0.6) is 11.5 Å². The minimum atomic E-state index is 0.167. The summed E-state index contributed by atoms with van der Waals surface area (Å²) in [5.74, 6) is 3.31. The quantitative estimate of drug-likeness (QED) is 0.790. The van der Waals surface area contributed by atoms with Crippen molar-refractivity contribution in [3.05, 3.63) is 29.3 Å². The maximum Gasteiger partial charge on any atom is 0.119 e. The third-order valence-corrected chi connectivity index (χ3v) is 5.31. The molecular weight excluding hydrogens is 224 g/mol. The van der Waals surface area contributed by atoms with Gasteiger partial charge in [-0.2, -0.15) is 0 Å². The fourth-order valence-electron chi connectivity index (χ4n) is 4.57. The number of benzene rings is 1. The molecule has 6 rings (SSSR count). The van der Waals surface area contributed by atoms with E-state index in [1.165, 1.54) is 30.9 Å². The lowest BCUT2D eigenvalue weighted by molar-refractivity contribution is 0.108. The van der Waals surface area contributed by atoms with Crippen molar-refractivity contribution >= 4 is 5.57 Å². The second-order valence-electron chi connectivity index (χ2n) is 6.26. The Morgan fingerprint density at radius 3 is 2.17 bits per heavy atom. The summed E-state index contributed by atoms with van der Waals surface area (Å²) in [4.78, 5) is 0. The van der Waals surface area contributed by atoms with Crippen LogP contribution in [-0.2, 0) is 0 Å². The van der Waals surface area contributed by atoms with Crippen LogP contribution in [0.15, 0.2) is 23.8 Å². The van der Waals surface area contributed by atoms with Crippen molar-refractivity contribution in [3.8, 4) is 11.5 Å². The molecule has 0 heterocycles. The Bertz CT molecular complexity index is 524. The molecule has 0 aromatic heterocycles. The number of aromatic hydroxyl groups is 2. The van der Waals surface area contributed by atoms with Gasteiger partial charge in [-0.3, -0.25) is 0 Å². The molecule has 1 aromatic rings. The van der Waals surface area contributed by atoms with Crippen molar-refractivity contribution in [2.24, 2.45) is 23.7 Å². The van der Waals surface area contributed by atoms with Gasteiger partial charge < -0.3 is 10.2 Å². The largest absolute Gasteiger partial charge is 0.508 e. The van der Waals surface area contributed by atoms with Gasteiger partial charge in [-0.05, 0) is 66.2 Å². The Balaban J connectivity index is 1.89. The zero-order valence-electron chi connectivity index (χ0n) is 10.6. The van der Waals surface area contributed by atoms with Crippen molar-refractivity contribution in [1.29, 1.82) is 0 Å². The Morgan fingerprint density at radius 2 is 1.56 bits per heavy atom. The molecule has 3 saturated carbocycles. The number of allylic oxidation sites excluding steroid dienone is 2. The summed E-state index contributed by atoms with van der Waals surface area (Å²) in [5, 5.41) is 19.4. The summed E-state index contributed by atoms with van der Waals surface area (Å²) in [6.07, 6.45) is 4.09. The predicted octanol–water partition coefficient (Wildman–Crippen LogP) is 3.55. The van der Waals surface area contributed by atoms with Crippen LogP contribution >= 0.6 is 0 Å². The van der Waals surface area contributed by atoms with Crippen molar-refractivity contribution in [2.75, 3.05) is 0 Å². The molecule has 3 unspecified atom stereocenters. The molecule has 1 aromatic carbocycles. The van der Waals surface area contributed by atoms with Gasteiger partial charge in [0.25, 0.3) is 0 Å².